The van der Waals surface area contributed by atoms with E-state index in [9.17, 15) is 15.0 Å². The molecule has 3 N–H and O–H groups in total. The fourth-order valence-corrected chi connectivity index (χ4v) is 5.78. The number of Topliss-reactive ketones (excluding diaryl/α,β-unsaturated/α-hetero) is 1. The second-order valence-corrected chi connectivity index (χ2v) is 11.7. The molecular weight excluding hydrogens is 564 g/mol. The van der Waals surface area contributed by atoms with Gasteiger partial charge in [-0.1, -0.05) is 32.3 Å². The number of ketones is 1. The zero-order chi connectivity index (χ0) is 31.6. The Hall–Kier alpha value is -4.53. The van der Waals surface area contributed by atoms with Crippen LogP contribution in [-0.2, 0) is 6.42 Å². The number of fused-ring (bicyclic) bond motifs is 6. The van der Waals surface area contributed by atoms with Crippen LogP contribution >= 0.6 is 0 Å². The van der Waals surface area contributed by atoms with Crippen LogP contribution in [0.1, 0.15) is 79.4 Å². The molecule has 3 aliphatic heterocycles. The summed E-state index contributed by atoms with van der Waals surface area (Å²) in [7, 11) is 3.07. The van der Waals surface area contributed by atoms with Crippen molar-refractivity contribution in [3.63, 3.8) is 0 Å². The highest BCUT2D eigenvalue weighted by atomic mass is 16.5. The minimum Gasteiger partial charge on any atom is -0.508 e. The number of phenols is 3. The third-order valence-electron chi connectivity index (χ3n) is 8.08. The van der Waals surface area contributed by atoms with Crippen LogP contribution in [0.4, 0.5) is 0 Å². The van der Waals surface area contributed by atoms with Crippen LogP contribution in [0.2, 0.25) is 0 Å². The fourth-order valence-electron chi connectivity index (χ4n) is 5.78. The fraction of sp³-hybridized carbons (Fsp3) is 0.400. The molecule has 0 bridgehead atoms. The summed E-state index contributed by atoms with van der Waals surface area (Å²) in [5, 5.41) is 29.3. The van der Waals surface area contributed by atoms with Gasteiger partial charge in [0.2, 0.25) is 0 Å². The summed E-state index contributed by atoms with van der Waals surface area (Å²) in [5.74, 6) is 1.67. The monoisotopic (exact) mass is 604 g/mol. The van der Waals surface area contributed by atoms with E-state index in [4.69, 9.17) is 28.8 Å². The maximum absolute atomic E-state index is 13.6. The van der Waals surface area contributed by atoms with Gasteiger partial charge in [-0.05, 0) is 56.5 Å². The van der Waals surface area contributed by atoms with Crippen molar-refractivity contribution in [3.05, 3.63) is 64.7 Å². The topological polar surface area (TPSA) is 124 Å². The molecule has 3 aliphatic rings. The molecule has 0 amide bonds. The first-order chi connectivity index (χ1) is 21.1. The molecule has 0 saturated carbocycles. The molecule has 0 spiro atoms. The molecule has 0 aliphatic carbocycles. The average molecular weight is 605 g/mol. The first-order valence-electron chi connectivity index (χ1n) is 15.0. The number of rotatable bonds is 7. The highest BCUT2D eigenvalue weighted by Crippen LogP contribution is 2.52. The molecule has 0 saturated heterocycles. The Bertz CT molecular complexity index is 1570. The minimum absolute atomic E-state index is 0.125. The zero-order valence-corrected chi connectivity index (χ0v) is 25.8. The van der Waals surface area contributed by atoms with Gasteiger partial charge in [0.05, 0.1) is 25.7 Å². The lowest BCUT2D eigenvalue weighted by atomic mass is 9.80. The molecule has 234 valence electrons. The molecule has 0 aromatic heterocycles. The van der Waals surface area contributed by atoms with Gasteiger partial charge in [-0.15, -0.1) is 0 Å². The van der Waals surface area contributed by atoms with Crippen molar-refractivity contribution in [3.8, 4) is 46.0 Å². The number of aromatic hydroxyl groups is 3. The predicted molar refractivity (Wildman–Crippen MR) is 166 cm³/mol. The summed E-state index contributed by atoms with van der Waals surface area (Å²) >= 11 is 0. The molecule has 3 heterocycles. The van der Waals surface area contributed by atoms with Gasteiger partial charge in [-0.25, -0.2) is 0 Å². The number of benzene rings is 3. The first-order valence-corrected chi connectivity index (χ1v) is 15.0. The molecule has 9 heteroatoms. The number of aryl methyl sites for hydroxylation is 1. The van der Waals surface area contributed by atoms with E-state index in [1.165, 1.54) is 38.5 Å². The second-order valence-electron chi connectivity index (χ2n) is 11.7. The summed E-state index contributed by atoms with van der Waals surface area (Å²) in [5.41, 5.74) is 1.86. The van der Waals surface area contributed by atoms with Crippen molar-refractivity contribution in [1.29, 1.82) is 0 Å². The summed E-state index contributed by atoms with van der Waals surface area (Å²) in [6.07, 6.45) is 8.91. The summed E-state index contributed by atoms with van der Waals surface area (Å²) in [6, 6.07) is 9.73. The molecule has 3 aromatic carbocycles. The van der Waals surface area contributed by atoms with Crippen molar-refractivity contribution in [2.45, 2.75) is 70.5 Å². The lowest BCUT2D eigenvalue weighted by Gasteiger charge is -2.39. The van der Waals surface area contributed by atoms with Gasteiger partial charge in [0.25, 0.3) is 0 Å². The van der Waals surface area contributed by atoms with E-state index in [0.717, 1.165) is 18.4 Å². The van der Waals surface area contributed by atoms with E-state index < -0.39 is 17.6 Å². The van der Waals surface area contributed by atoms with Crippen molar-refractivity contribution >= 4 is 11.9 Å². The molecule has 2 unspecified atom stereocenters. The van der Waals surface area contributed by atoms with Gasteiger partial charge in [-0.3, -0.25) is 4.79 Å². The Morgan fingerprint density at radius 3 is 2.39 bits per heavy atom. The first kappa shape index (κ1) is 30.9. The lowest BCUT2D eigenvalue weighted by Crippen LogP contribution is -2.43. The number of carbonyl (C=O) groups is 1. The third-order valence-corrected chi connectivity index (χ3v) is 8.08. The maximum atomic E-state index is 13.6. The van der Waals surface area contributed by atoms with Crippen molar-refractivity contribution < 1.29 is 43.8 Å². The standard InChI is InChI=1S/C23H22O7.C12H18O2/c1-23(2)6-5-11-15(30-23)8-13(24)20-21(25)19-12-7-16(26-3)17(27-4)9-14(12)28-10-18(19)29-22(11)20;1-2-3-4-5-6-10-7-8-11(13)9-12(10)14/h5-9,18-19,24H,10H2,1-4H3;7-9,13-14H,2-6H2,1H3. The highest BCUT2D eigenvalue weighted by Gasteiger charge is 2.46. The van der Waals surface area contributed by atoms with E-state index >= 15 is 0 Å². The van der Waals surface area contributed by atoms with Crippen LogP contribution < -0.4 is 23.7 Å². The Morgan fingerprint density at radius 2 is 1.68 bits per heavy atom. The van der Waals surface area contributed by atoms with Crippen LogP contribution in [0.3, 0.4) is 0 Å². The van der Waals surface area contributed by atoms with Crippen LogP contribution in [-0.4, -0.2) is 53.6 Å². The number of unbranched alkanes of at least 4 members (excludes halogenated alkanes) is 3. The lowest BCUT2D eigenvalue weighted by molar-refractivity contribution is 0.0547. The van der Waals surface area contributed by atoms with Gasteiger partial charge in [0.15, 0.2) is 17.3 Å². The van der Waals surface area contributed by atoms with Gasteiger partial charge in [0, 0.05) is 23.8 Å². The molecule has 0 fully saturated rings. The van der Waals surface area contributed by atoms with E-state index in [2.05, 4.69) is 6.92 Å². The number of ether oxygens (including phenoxy) is 5. The van der Waals surface area contributed by atoms with E-state index in [-0.39, 0.29) is 35.2 Å². The van der Waals surface area contributed by atoms with Crippen molar-refractivity contribution in [2.75, 3.05) is 20.8 Å². The predicted octanol–water partition coefficient (Wildman–Crippen LogP) is 6.93. The Morgan fingerprint density at radius 1 is 0.932 bits per heavy atom. The smallest absolute Gasteiger partial charge is 0.181 e. The molecule has 44 heavy (non-hydrogen) atoms. The van der Waals surface area contributed by atoms with E-state index in [1.807, 2.05) is 26.0 Å². The molecular formula is C35H40O9. The van der Waals surface area contributed by atoms with Crippen LogP contribution in [0.25, 0.3) is 6.08 Å². The number of methoxy groups -OCH3 is 2. The normalized spacial score (nSPS) is 18.5. The highest BCUT2D eigenvalue weighted by molar-refractivity contribution is 6.08. The number of phenolic OH excluding ortho intramolecular Hbond substituents is 3. The van der Waals surface area contributed by atoms with E-state index in [1.54, 1.807) is 31.4 Å². The minimum atomic E-state index is -0.630. The molecule has 9 nitrogen and oxygen atoms in total. The van der Waals surface area contributed by atoms with E-state index in [0.29, 0.717) is 39.9 Å². The van der Waals surface area contributed by atoms with Crippen LogP contribution in [0.5, 0.6) is 46.0 Å². The van der Waals surface area contributed by atoms with Gasteiger partial charge in [-0.2, -0.15) is 0 Å². The molecule has 2 atom stereocenters. The summed E-state index contributed by atoms with van der Waals surface area (Å²) < 4.78 is 28.8. The van der Waals surface area contributed by atoms with Crippen LogP contribution in [0.15, 0.2) is 42.5 Å². The molecule has 0 radical (unpaired) electrons. The SMILES string of the molecule is CCCCCCc1ccc(O)cc1O.COc1cc2c(cc1OC)C1C(=O)c3c(O)cc4c(c3OC1CO2)C=CC(C)(C)O4. The second kappa shape index (κ2) is 12.6. The van der Waals surface area contributed by atoms with Crippen LogP contribution in [0, 0.1) is 0 Å². The maximum Gasteiger partial charge on any atom is 0.181 e. The van der Waals surface area contributed by atoms with Crippen molar-refractivity contribution in [2.24, 2.45) is 0 Å². The molecule has 6 rings (SSSR count). The van der Waals surface area contributed by atoms with Gasteiger partial charge >= 0.3 is 0 Å². The Kier molecular flexibility index (Phi) is 8.85. The molecule has 3 aromatic rings. The van der Waals surface area contributed by atoms with Crippen molar-refractivity contribution in [1.82, 2.24) is 0 Å². The number of hydrogen-bond acceptors (Lipinski definition) is 9. The Balaban J connectivity index is 0.000000232. The quantitative estimate of drug-likeness (QED) is 0.246. The van der Waals surface area contributed by atoms with Gasteiger partial charge in [0.1, 0.15) is 58.4 Å². The Labute approximate surface area is 257 Å². The summed E-state index contributed by atoms with van der Waals surface area (Å²) in [6.45, 7) is 6.20. The third kappa shape index (κ3) is 6.09. The number of carbonyl (C=O) groups excluding carboxylic acids is 1. The van der Waals surface area contributed by atoms with Gasteiger partial charge < -0.3 is 39.0 Å². The zero-order valence-electron chi connectivity index (χ0n) is 25.8. The summed E-state index contributed by atoms with van der Waals surface area (Å²) in [4.78, 5) is 13.6. The largest absolute Gasteiger partial charge is 0.508 e. The number of hydrogen-bond donors (Lipinski definition) is 3. The average Bonchev–Trinajstić information content (AvgIpc) is 2.98.